The molecule has 5 heteroatoms. The van der Waals surface area contributed by atoms with Crippen LogP contribution in [-0.2, 0) is 23.1 Å². The fourth-order valence-electron chi connectivity index (χ4n) is 1.78. The Morgan fingerprint density at radius 3 is 2.35 bits per heavy atom. The maximum Gasteiger partial charge on any atom is 0.265 e. The van der Waals surface area contributed by atoms with Gasteiger partial charge in [-0.3, -0.25) is 4.55 Å². The van der Waals surface area contributed by atoms with E-state index in [0.29, 0.717) is 12.4 Å². The average Bonchev–Trinajstić information content (AvgIpc) is 2.44. The minimum atomic E-state index is -3.93. The van der Waals surface area contributed by atoms with Crippen molar-refractivity contribution in [2.75, 3.05) is 5.75 Å². The van der Waals surface area contributed by atoms with Crippen molar-refractivity contribution in [1.82, 2.24) is 0 Å². The highest BCUT2D eigenvalue weighted by Crippen LogP contribution is 2.16. The third-order valence-corrected chi connectivity index (χ3v) is 3.52. The number of benzene rings is 2. The molecule has 2 aromatic rings. The SMILES string of the molecule is O=S(=O)(O)CCc1cccc(OCc2ccccc2)c1. The van der Waals surface area contributed by atoms with Crippen molar-refractivity contribution in [3.8, 4) is 5.75 Å². The van der Waals surface area contributed by atoms with E-state index in [9.17, 15) is 8.42 Å². The lowest BCUT2D eigenvalue weighted by Gasteiger charge is -2.08. The monoisotopic (exact) mass is 292 g/mol. The van der Waals surface area contributed by atoms with Gasteiger partial charge in [0.15, 0.2) is 0 Å². The Morgan fingerprint density at radius 2 is 1.65 bits per heavy atom. The molecule has 0 aliphatic carbocycles. The zero-order chi connectivity index (χ0) is 14.4. The molecular weight excluding hydrogens is 276 g/mol. The van der Waals surface area contributed by atoms with Gasteiger partial charge in [-0.2, -0.15) is 8.42 Å². The standard InChI is InChI=1S/C15H16O4S/c16-20(17,18)10-9-13-7-4-8-15(11-13)19-12-14-5-2-1-3-6-14/h1-8,11H,9-10,12H2,(H,16,17,18). The lowest BCUT2D eigenvalue weighted by Crippen LogP contribution is -2.06. The smallest absolute Gasteiger partial charge is 0.265 e. The number of rotatable bonds is 6. The molecule has 1 N–H and O–H groups in total. The Labute approximate surface area is 118 Å². The van der Waals surface area contributed by atoms with Crippen molar-refractivity contribution >= 4 is 10.1 Å². The fourth-order valence-corrected chi connectivity index (χ4v) is 2.27. The molecule has 2 rings (SSSR count). The van der Waals surface area contributed by atoms with Crippen molar-refractivity contribution in [2.24, 2.45) is 0 Å². The third-order valence-electron chi connectivity index (χ3n) is 2.80. The molecule has 0 saturated heterocycles. The topological polar surface area (TPSA) is 63.6 Å². The summed E-state index contributed by atoms with van der Waals surface area (Å²) in [6.07, 6.45) is 0.265. The molecule has 4 nitrogen and oxygen atoms in total. The maximum atomic E-state index is 10.7. The van der Waals surface area contributed by atoms with Crippen molar-refractivity contribution in [2.45, 2.75) is 13.0 Å². The second-order valence-corrected chi connectivity index (χ2v) is 6.03. The highest BCUT2D eigenvalue weighted by atomic mass is 32.2. The molecule has 0 bridgehead atoms. The van der Waals surface area contributed by atoms with Crippen LogP contribution in [0.5, 0.6) is 5.75 Å². The first-order valence-electron chi connectivity index (χ1n) is 6.24. The Morgan fingerprint density at radius 1 is 0.950 bits per heavy atom. The van der Waals surface area contributed by atoms with Crippen LogP contribution in [0.15, 0.2) is 54.6 Å². The molecule has 0 fully saturated rings. The Kier molecular flexibility index (Phi) is 4.76. The summed E-state index contributed by atoms with van der Waals surface area (Å²) in [5.41, 5.74) is 1.88. The van der Waals surface area contributed by atoms with Gasteiger partial charge in [-0.15, -0.1) is 0 Å². The molecule has 106 valence electrons. The minimum absolute atomic E-state index is 0.265. The summed E-state index contributed by atoms with van der Waals surface area (Å²) in [5.74, 6) is 0.400. The van der Waals surface area contributed by atoms with E-state index in [4.69, 9.17) is 9.29 Å². The molecule has 0 atom stereocenters. The normalized spacial score (nSPS) is 11.2. The molecule has 0 heterocycles. The van der Waals surface area contributed by atoms with E-state index in [2.05, 4.69) is 0 Å². The zero-order valence-corrected chi connectivity index (χ0v) is 11.7. The van der Waals surface area contributed by atoms with Crippen LogP contribution in [0.4, 0.5) is 0 Å². The van der Waals surface area contributed by atoms with Gasteiger partial charge in [-0.1, -0.05) is 42.5 Å². The second kappa shape index (κ2) is 6.54. The fraction of sp³-hybridized carbons (Fsp3) is 0.200. The van der Waals surface area contributed by atoms with Gasteiger partial charge in [-0.05, 0) is 29.7 Å². The van der Waals surface area contributed by atoms with Gasteiger partial charge in [0, 0.05) is 0 Å². The van der Waals surface area contributed by atoms with Gasteiger partial charge >= 0.3 is 0 Å². The number of aryl methyl sites for hydroxylation is 1. The van der Waals surface area contributed by atoms with Gasteiger partial charge in [-0.25, -0.2) is 0 Å². The van der Waals surface area contributed by atoms with Gasteiger partial charge in [0.05, 0.1) is 5.75 Å². The van der Waals surface area contributed by atoms with Crippen LogP contribution in [0, 0.1) is 0 Å². The Bertz CT molecular complexity index is 651. The molecule has 0 aliphatic rings. The summed E-state index contributed by atoms with van der Waals surface area (Å²) in [7, 11) is -3.93. The van der Waals surface area contributed by atoms with E-state index in [-0.39, 0.29) is 12.2 Å². The van der Waals surface area contributed by atoms with E-state index in [0.717, 1.165) is 11.1 Å². The van der Waals surface area contributed by atoms with Crippen LogP contribution >= 0.6 is 0 Å². The first-order chi connectivity index (χ1) is 9.53. The average molecular weight is 292 g/mol. The summed E-state index contributed by atoms with van der Waals surface area (Å²) in [4.78, 5) is 0. The Hall–Kier alpha value is -1.85. The lowest BCUT2D eigenvalue weighted by molar-refractivity contribution is 0.306. The minimum Gasteiger partial charge on any atom is -0.489 e. The maximum absolute atomic E-state index is 10.7. The second-order valence-electron chi connectivity index (χ2n) is 4.46. The van der Waals surface area contributed by atoms with Crippen molar-refractivity contribution in [3.63, 3.8) is 0 Å². The third kappa shape index (κ3) is 5.03. The molecular formula is C15H16O4S. The lowest BCUT2D eigenvalue weighted by atomic mass is 10.1. The van der Waals surface area contributed by atoms with Crippen LogP contribution < -0.4 is 4.74 Å². The van der Waals surface area contributed by atoms with Crippen LogP contribution in [0.2, 0.25) is 0 Å². The van der Waals surface area contributed by atoms with E-state index in [1.165, 1.54) is 0 Å². The zero-order valence-electron chi connectivity index (χ0n) is 10.9. The molecule has 0 saturated carbocycles. The van der Waals surface area contributed by atoms with Gasteiger partial charge in [0.1, 0.15) is 12.4 Å². The first-order valence-corrected chi connectivity index (χ1v) is 7.85. The number of ether oxygens (including phenoxy) is 1. The largest absolute Gasteiger partial charge is 0.489 e. The van der Waals surface area contributed by atoms with Crippen molar-refractivity contribution in [3.05, 3.63) is 65.7 Å². The predicted octanol–water partition coefficient (Wildman–Crippen LogP) is 2.70. The Balaban J connectivity index is 1.96. The highest BCUT2D eigenvalue weighted by Gasteiger charge is 2.05. The summed E-state index contributed by atoms with van der Waals surface area (Å²) in [5, 5.41) is 0. The van der Waals surface area contributed by atoms with E-state index >= 15 is 0 Å². The van der Waals surface area contributed by atoms with Gasteiger partial charge in [0.2, 0.25) is 0 Å². The number of hydrogen-bond donors (Lipinski definition) is 1. The molecule has 0 amide bonds. The predicted molar refractivity (Wildman–Crippen MR) is 77.3 cm³/mol. The summed E-state index contributed by atoms with van der Waals surface area (Å²) in [6.45, 7) is 0.461. The van der Waals surface area contributed by atoms with Crippen molar-refractivity contribution in [1.29, 1.82) is 0 Å². The molecule has 2 aromatic carbocycles. The molecule has 0 radical (unpaired) electrons. The highest BCUT2D eigenvalue weighted by molar-refractivity contribution is 7.85. The summed E-state index contributed by atoms with van der Waals surface area (Å²) < 4.78 is 35.8. The summed E-state index contributed by atoms with van der Waals surface area (Å²) >= 11 is 0. The van der Waals surface area contributed by atoms with E-state index in [1.807, 2.05) is 36.4 Å². The first kappa shape index (κ1) is 14.6. The van der Waals surface area contributed by atoms with Gasteiger partial charge in [0.25, 0.3) is 10.1 Å². The van der Waals surface area contributed by atoms with E-state index in [1.54, 1.807) is 18.2 Å². The molecule has 0 aliphatic heterocycles. The van der Waals surface area contributed by atoms with Gasteiger partial charge < -0.3 is 4.74 Å². The molecule has 20 heavy (non-hydrogen) atoms. The van der Waals surface area contributed by atoms with Crippen LogP contribution in [-0.4, -0.2) is 18.7 Å². The molecule has 0 spiro atoms. The molecule has 0 unspecified atom stereocenters. The quantitative estimate of drug-likeness (QED) is 0.831. The van der Waals surface area contributed by atoms with Crippen LogP contribution in [0.3, 0.4) is 0 Å². The van der Waals surface area contributed by atoms with E-state index < -0.39 is 10.1 Å². The van der Waals surface area contributed by atoms with Crippen LogP contribution in [0.1, 0.15) is 11.1 Å². The van der Waals surface area contributed by atoms with Crippen LogP contribution in [0.25, 0.3) is 0 Å². The van der Waals surface area contributed by atoms with Crippen molar-refractivity contribution < 1.29 is 17.7 Å². The molecule has 0 aromatic heterocycles. The number of hydrogen-bond acceptors (Lipinski definition) is 3. The summed E-state index contributed by atoms with van der Waals surface area (Å²) in [6, 6.07) is 17.0.